The second kappa shape index (κ2) is 6.49. The molecule has 1 aliphatic rings. The topological polar surface area (TPSA) is 67.8 Å². The lowest BCUT2D eigenvalue weighted by molar-refractivity contribution is 0.133. The molecule has 5 heteroatoms. The van der Waals surface area contributed by atoms with E-state index < -0.39 is 6.09 Å². The molecular weight excluding hydrogens is 282 g/mol. The number of aliphatic hydroxyl groups excluding tert-OH is 1. The van der Waals surface area contributed by atoms with Gasteiger partial charge < -0.3 is 19.9 Å². The van der Waals surface area contributed by atoms with Crippen LogP contribution in [-0.4, -0.2) is 17.8 Å². The minimum absolute atomic E-state index is 0.0432. The molecule has 1 amide bonds. The van der Waals surface area contributed by atoms with Gasteiger partial charge in [-0.25, -0.2) is 4.79 Å². The van der Waals surface area contributed by atoms with Crippen molar-refractivity contribution in [2.75, 3.05) is 6.61 Å². The van der Waals surface area contributed by atoms with Crippen LogP contribution in [0.5, 0.6) is 5.75 Å². The van der Waals surface area contributed by atoms with Crippen molar-refractivity contribution in [1.29, 1.82) is 0 Å². The number of fused-ring (bicyclic) bond motifs is 1. The number of alkyl carbamates (subject to hydrolysis) is 1. The zero-order valence-corrected chi connectivity index (χ0v) is 12.0. The van der Waals surface area contributed by atoms with Crippen molar-refractivity contribution in [1.82, 2.24) is 5.32 Å². The summed E-state index contributed by atoms with van der Waals surface area (Å²) in [4.78, 5) is 11.9. The quantitative estimate of drug-likeness (QED) is 0.910. The summed E-state index contributed by atoms with van der Waals surface area (Å²) in [6.45, 7) is 0.549. The average Bonchev–Trinajstić information content (AvgIpc) is 2.96. The van der Waals surface area contributed by atoms with Crippen molar-refractivity contribution in [3.05, 3.63) is 65.2 Å². The van der Waals surface area contributed by atoms with E-state index in [1.807, 2.05) is 36.4 Å². The molecule has 2 N–H and O–H groups in total. The summed E-state index contributed by atoms with van der Waals surface area (Å²) in [5, 5.41) is 12.0. The van der Waals surface area contributed by atoms with Gasteiger partial charge >= 0.3 is 6.09 Å². The van der Waals surface area contributed by atoms with Crippen LogP contribution in [0.4, 0.5) is 4.79 Å². The molecule has 0 fully saturated rings. The number of nitrogens with one attached hydrogen (secondary N) is 1. The molecule has 0 aromatic heterocycles. The number of carbonyl (C=O) groups is 1. The number of ether oxygens (including phenoxy) is 2. The van der Waals surface area contributed by atoms with Crippen LogP contribution in [0, 0.1) is 0 Å². The van der Waals surface area contributed by atoms with E-state index in [0.29, 0.717) is 6.61 Å². The molecule has 0 saturated heterocycles. The van der Waals surface area contributed by atoms with Gasteiger partial charge in [0.25, 0.3) is 0 Å². The Morgan fingerprint density at radius 2 is 2.05 bits per heavy atom. The van der Waals surface area contributed by atoms with E-state index in [1.54, 1.807) is 12.1 Å². The van der Waals surface area contributed by atoms with E-state index in [-0.39, 0.29) is 19.3 Å². The molecule has 22 heavy (non-hydrogen) atoms. The normalized spacial score (nSPS) is 15.8. The third-order valence-electron chi connectivity index (χ3n) is 3.54. The molecule has 1 heterocycles. The predicted molar refractivity (Wildman–Crippen MR) is 80.4 cm³/mol. The molecule has 0 unspecified atom stereocenters. The first-order valence-electron chi connectivity index (χ1n) is 7.10. The summed E-state index contributed by atoms with van der Waals surface area (Å²) in [7, 11) is 0. The Hall–Kier alpha value is -2.53. The lowest BCUT2D eigenvalue weighted by atomic mass is 10.1. The summed E-state index contributed by atoms with van der Waals surface area (Å²) >= 11 is 0. The standard InChI is InChI=1S/C17H17NO4/c19-9-13-6-7-16-14(8-13)15(11-21-16)18-17(20)22-10-12-4-2-1-3-5-12/h1-8,15,19H,9-11H2,(H,18,20)/t15-/m0/s1. The second-order valence-corrected chi connectivity index (χ2v) is 5.10. The Morgan fingerprint density at radius 1 is 1.23 bits per heavy atom. The predicted octanol–water partition coefficient (Wildman–Crippen LogP) is 2.54. The highest BCUT2D eigenvalue weighted by molar-refractivity contribution is 5.68. The third-order valence-corrected chi connectivity index (χ3v) is 3.54. The molecule has 0 radical (unpaired) electrons. The highest BCUT2D eigenvalue weighted by atomic mass is 16.5. The van der Waals surface area contributed by atoms with Gasteiger partial charge in [0.15, 0.2) is 0 Å². The number of hydrogen-bond donors (Lipinski definition) is 2. The lowest BCUT2D eigenvalue weighted by Gasteiger charge is -2.12. The molecule has 2 aromatic rings. The highest BCUT2D eigenvalue weighted by Crippen LogP contribution is 2.33. The zero-order valence-electron chi connectivity index (χ0n) is 12.0. The first kappa shape index (κ1) is 14.4. The maximum absolute atomic E-state index is 11.9. The summed E-state index contributed by atoms with van der Waals surface area (Å²) in [6.07, 6.45) is -0.486. The van der Waals surface area contributed by atoms with Crippen LogP contribution in [0.15, 0.2) is 48.5 Å². The number of carbonyl (C=O) groups excluding carboxylic acids is 1. The third kappa shape index (κ3) is 3.20. The first-order valence-corrected chi connectivity index (χ1v) is 7.10. The fourth-order valence-corrected chi connectivity index (χ4v) is 2.39. The van der Waals surface area contributed by atoms with Crippen LogP contribution >= 0.6 is 0 Å². The van der Waals surface area contributed by atoms with Gasteiger partial charge in [-0.2, -0.15) is 0 Å². The van der Waals surface area contributed by atoms with Gasteiger partial charge in [-0.1, -0.05) is 36.4 Å². The van der Waals surface area contributed by atoms with Crippen molar-refractivity contribution in [3.8, 4) is 5.75 Å². The van der Waals surface area contributed by atoms with Gasteiger partial charge in [-0.05, 0) is 23.3 Å². The van der Waals surface area contributed by atoms with Crippen LogP contribution in [0.25, 0.3) is 0 Å². The van der Waals surface area contributed by atoms with Gasteiger partial charge in [-0.3, -0.25) is 0 Å². The maximum atomic E-state index is 11.9. The first-order chi connectivity index (χ1) is 10.8. The van der Waals surface area contributed by atoms with Crippen molar-refractivity contribution in [3.63, 3.8) is 0 Å². The number of benzene rings is 2. The van der Waals surface area contributed by atoms with Gasteiger partial charge in [0.1, 0.15) is 19.0 Å². The van der Waals surface area contributed by atoms with Gasteiger partial charge in [0.2, 0.25) is 0 Å². The van der Waals surface area contributed by atoms with Crippen LogP contribution in [0.1, 0.15) is 22.7 Å². The Bertz CT molecular complexity index is 657. The molecule has 0 aliphatic carbocycles. The maximum Gasteiger partial charge on any atom is 0.408 e. The van der Waals surface area contributed by atoms with E-state index in [0.717, 1.165) is 22.4 Å². The molecule has 0 spiro atoms. The minimum atomic E-state index is -0.486. The van der Waals surface area contributed by atoms with Gasteiger partial charge in [0, 0.05) is 5.56 Å². The van der Waals surface area contributed by atoms with Crippen LogP contribution in [0.3, 0.4) is 0 Å². The van der Waals surface area contributed by atoms with Gasteiger partial charge in [0.05, 0.1) is 12.6 Å². The van der Waals surface area contributed by atoms with E-state index in [1.165, 1.54) is 0 Å². The molecule has 5 nitrogen and oxygen atoms in total. The molecule has 1 atom stereocenters. The van der Waals surface area contributed by atoms with Gasteiger partial charge in [-0.15, -0.1) is 0 Å². The smallest absolute Gasteiger partial charge is 0.408 e. The van der Waals surface area contributed by atoms with Crippen molar-refractivity contribution in [2.45, 2.75) is 19.3 Å². The number of rotatable bonds is 4. The molecule has 0 saturated carbocycles. The van der Waals surface area contributed by atoms with E-state index in [4.69, 9.17) is 9.47 Å². The molecular formula is C17H17NO4. The Balaban J connectivity index is 1.59. The summed E-state index contributed by atoms with van der Waals surface area (Å²) in [5.74, 6) is 0.727. The van der Waals surface area contributed by atoms with E-state index >= 15 is 0 Å². The Morgan fingerprint density at radius 3 is 2.82 bits per heavy atom. The Kier molecular flexibility index (Phi) is 4.25. The summed E-state index contributed by atoms with van der Waals surface area (Å²) in [5.41, 5.74) is 2.58. The lowest BCUT2D eigenvalue weighted by Crippen LogP contribution is -2.30. The van der Waals surface area contributed by atoms with Crippen LogP contribution in [0.2, 0.25) is 0 Å². The molecule has 0 bridgehead atoms. The zero-order chi connectivity index (χ0) is 15.4. The SMILES string of the molecule is O=C(N[C@H]1COc2ccc(CO)cc21)OCc1ccccc1. The fraction of sp³-hybridized carbons (Fsp3) is 0.235. The number of aliphatic hydroxyl groups is 1. The minimum Gasteiger partial charge on any atom is -0.491 e. The van der Waals surface area contributed by atoms with Crippen molar-refractivity contribution >= 4 is 6.09 Å². The second-order valence-electron chi connectivity index (χ2n) is 5.10. The van der Waals surface area contributed by atoms with Crippen LogP contribution < -0.4 is 10.1 Å². The largest absolute Gasteiger partial charge is 0.491 e. The average molecular weight is 299 g/mol. The molecule has 2 aromatic carbocycles. The van der Waals surface area contributed by atoms with Crippen LogP contribution in [-0.2, 0) is 18.0 Å². The summed E-state index contributed by atoms with van der Waals surface area (Å²) < 4.78 is 10.7. The monoisotopic (exact) mass is 299 g/mol. The number of hydrogen-bond acceptors (Lipinski definition) is 4. The molecule has 1 aliphatic heterocycles. The summed E-state index contributed by atoms with van der Waals surface area (Å²) in [6, 6.07) is 14.7. The highest BCUT2D eigenvalue weighted by Gasteiger charge is 2.26. The fourth-order valence-electron chi connectivity index (χ4n) is 2.39. The number of amides is 1. The van der Waals surface area contributed by atoms with Crippen molar-refractivity contribution in [2.24, 2.45) is 0 Å². The molecule has 3 rings (SSSR count). The Labute approximate surface area is 128 Å². The molecule has 114 valence electrons. The van der Waals surface area contributed by atoms with Crippen molar-refractivity contribution < 1.29 is 19.4 Å². The van der Waals surface area contributed by atoms with E-state index in [2.05, 4.69) is 5.32 Å². The van der Waals surface area contributed by atoms with E-state index in [9.17, 15) is 9.90 Å².